The number of hydrogen-bond donors (Lipinski definition) is 0. The second-order valence-electron chi connectivity index (χ2n) is 8.14. The third kappa shape index (κ3) is 5.83. The van der Waals surface area contributed by atoms with Crippen LogP contribution in [0.2, 0.25) is 0 Å². The van der Waals surface area contributed by atoms with Crippen LogP contribution in [0.3, 0.4) is 0 Å². The summed E-state index contributed by atoms with van der Waals surface area (Å²) in [5, 5.41) is 0. The highest BCUT2D eigenvalue weighted by Gasteiger charge is 2.36. The number of carbonyl (C=O) groups excluding carboxylic acids is 1. The lowest BCUT2D eigenvalue weighted by molar-refractivity contribution is -0.137. The van der Waals surface area contributed by atoms with Crippen molar-refractivity contribution in [3.8, 4) is 11.5 Å². The van der Waals surface area contributed by atoms with Gasteiger partial charge in [-0.1, -0.05) is 24.3 Å². The van der Waals surface area contributed by atoms with Crippen molar-refractivity contribution < 1.29 is 35.5 Å². The van der Waals surface area contributed by atoms with E-state index in [4.69, 9.17) is 4.74 Å². The molecule has 5 nitrogen and oxygen atoms in total. The summed E-state index contributed by atoms with van der Waals surface area (Å²) in [4.78, 5) is 12.8. The summed E-state index contributed by atoms with van der Waals surface area (Å²) in [5.41, 5.74) is -0.0405. The zero-order chi connectivity index (χ0) is 25.9. The number of rotatable bonds is 8. The first-order valence-corrected chi connectivity index (χ1v) is 12.4. The quantitative estimate of drug-likeness (QED) is 0.280. The maximum atomic E-state index is 13.2. The molecule has 0 aromatic heterocycles. The molecule has 0 saturated heterocycles. The van der Waals surface area contributed by atoms with Crippen LogP contribution in [0.4, 0.5) is 17.6 Å². The van der Waals surface area contributed by atoms with Crippen LogP contribution in [0.5, 0.6) is 11.5 Å². The van der Waals surface area contributed by atoms with E-state index in [-0.39, 0.29) is 29.4 Å². The van der Waals surface area contributed by atoms with Gasteiger partial charge in [0, 0.05) is 13.0 Å². The Labute approximate surface area is 205 Å². The average molecular weight is 520 g/mol. The smallest absolute Gasteiger partial charge is 0.416 e. The number of halogens is 4. The molecule has 0 amide bonds. The number of alkyl halides is 3. The Morgan fingerprint density at radius 1 is 0.972 bits per heavy atom. The van der Waals surface area contributed by atoms with E-state index in [9.17, 15) is 30.8 Å². The molecule has 0 unspecified atom stereocenters. The van der Waals surface area contributed by atoms with Gasteiger partial charge >= 0.3 is 6.18 Å². The molecule has 1 heterocycles. The van der Waals surface area contributed by atoms with E-state index in [1.54, 1.807) is 30.3 Å². The lowest BCUT2D eigenvalue weighted by atomic mass is 10.0. The molecule has 0 spiro atoms. The fourth-order valence-electron chi connectivity index (χ4n) is 3.79. The standard InChI is InChI=1S/C26H21F4NO4S/c27-20-9-13-23(14-10-20)36(33,34)31-16-2-5-24(31)25(32)15-6-18-3-1-4-22(17-18)35-21-11-7-19(8-12-21)26(28,29)30/h1-5,7-14,17,24H,6,15-16H2/t24-/m0/s1. The minimum Gasteiger partial charge on any atom is -0.457 e. The van der Waals surface area contributed by atoms with Crippen molar-refractivity contribution in [3.63, 3.8) is 0 Å². The highest BCUT2D eigenvalue weighted by Crippen LogP contribution is 2.31. The number of nitrogens with zero attached hydrogens (tertiary/aromatic N) is 1. The van der Waals surface area contributed by atoms with Gasteiger partial charge in [-0.05, 0) is 72.6 Å². The van der Waals surface area contributed by atoms with Crippen molar-refractivity contribution in [2.45, 2.75) is 30.0 Å². The van der Waals surface area contributed by atoms with Gasteiger partial charge in [0.2, 0.25) is 10.0 Å². The number of benzene rings is 3. The summed E-state index contributed by atoms with van der Waals surface area (Å²) in [5.74, 6) is -0.246. The molecule has 10 heteroatoms. The Bertz CT molecular complexity index is 1370. The molecule has 0 bridgehead atoms. The summed E-state index contributed by atoms with van der Waals surface area (Å²) < 4.78 is 84.0. The molecular weight excluding hydrogens is 498 g/mol. The van der Waals surface area contributed by atoms with Crippen LogP contribution in [-0.2, 0) is 27.4 Å². The van der Waals surface area contributed by atoms with E-state index in [0.717, 1.165) is 46.3 Å². The van der Waals surface area contributed by atoms with Gasteiger partial charge in [-0.25, -0.2) is 12.8 Å². The summed E-state index contributed by atoms with van der Waals surface area (Å²) in [6.07, 6.45) is -0.949. The van der Waals surface area contributed by atoms with Crippen molar-refractivity contribution in [2.24, 2.45) is 0 Å². The molecule has 0 N–H and O–H groups in total. The van der Waals surface area contributed by atoms with Gasteiger partial charge in [0.1, 0.15) is 23.4 Å². The van der Waals surface area contributed by atoms with Crippen molar-refractivity contribution >= 4 is 15.8 Å². The molecule has 36 heavy (non-hydrogen) atoms. The van der Waals surface area contributed by atoms with Crippen molar-refractivity contribution in [1.29, 1.82) is 0 Å². The van der Waals surface area contributed by atoms with Crippen LogP contribution in [0, 0.1) is 5.82 Å². The molecule has 188 valence electrons. The van der Waals surface area contributed by atoms with E-state index in [1.165, 1.54) is 18.2 Å². The van der Waals surface area contributed by atoms with Gasteiger partial charge in [0.15, 0.2) is 5.78 Å². The van der Waals surface area contributed by atoms with Gasteiger partial charge in [-0.3, -0.25) is 4.79 Å². The Balaban J connectivity index is 1.40. The molecule has 0 radical (unpaired) electrons. The molecule has 0 fully saturated rings. The molecule has 1 aliphatic rings. The minimum absolute atomic E-state index is 0.0343. The van der Waals surface area contributed by atoms with Gasteiger partial charge in [0.25, 0.3) is 0 Å². The number of hydrogen-bond acceptors (Lipinski definition) is 4. The Hall–Kier alpha value is -3.50. The zero-order valence-corrected chi connectivity index (χ0v) is 19.6. The number of carbonyl (C=O) groups is 1. The van der Waals surface area contributed by atoms with E-state index in [1.807, 2.05) is 0 Å². The molecule has 4 rings (SSSR count). The van der Waals surface area contributed by atoms with Gasteiger partial charge in [0.05, 0.1) is 10.5 Å². The fourth-order valence-corrected chi connectivity index (χ4v) is 5.31. The predicted octanol–water partition coefficient (Wildman–Crippen LogP) is 5.77. The number of aryl methyl sites for hydroxylation is 1. The van der Waals surface area contributed by atoms with Crippen molar-refractivity contribution in [3.05, 3.63) is 102 Å². The number of Topliss-reactive ketones (excluding diaryl/α,β-unsaturated/α-hetero) is 1. The number of ether oxygens (including phenoxy) is 1. The summed E-state index contributed by atoms with van der Waals surface area (Å²) >= 11 is 0. The SMILES string of the molecule is O=C(CCc1cccc(Oc2ccc(C(F)(F)F)cc2)c1)[C@@H]1C=CCN1S(=O)(=O)c1ccc(F)cc1. The Kier molecular flexibility index (Phi) is 7.28. The summed E-state index contributed by atoms with van der Waals surface area (Å²) in [6.45, 7) is 0.0343. The molecule has 0 saturated carbocycles. The number of ketones is 1. The molecule has 0 aliphatic carbocycles. The van der Waals surface area contributed by atoms with Crippen molar-refractivity contribution in [2.75, 3.05) is 6.54 Å². The first-order valence-electron chi connectivity index (χ1n) is 10.9. The van der Waals surface area contributed by atoms with E-state index in [2.05, 4.69) is 0 Å². The first kappa shape index (κ1) is 25.6. The average Bonchev–Trinajstić information content (AvgIpc) is 3.34. The van der Waals surface area contributed by atoms with E-state index < -0.39 is 33.6 Å². The van der Waals surface area contributed by atoms with Gasteiger partial charge < -0.3 is 4.74 Å². The summed E-state index contributed by atoms with van der Waals surface area (Å²) in [6, 6.07) is 14.5. The molecular formula is C26H21F4NO4S. The van der Waals surface area contributed by atoms with Crippen LogP contribution in [0.25, 0.3) is 0 Å². The van der Waals surface area contributed by atoms with Gasteiger partial charge in [-0.2, -0.15) is 17.5 Å². The molecule has 3 aromatic carbocycles. The largest absolute Gasteiger partial charge is 0.457 e. The van der Waals surface area contributed by atoms with Crippen LogP contribution < -0.4 is 4.74 Å². The fraction of sp³-hybridized carbons (Fsp3) is 0.192. The Morgan fingerprint density at radius 2 is 1.67 bits per heavy atom. The topological polar surface area (TPSA) is 63.7 Å². The molecule has 3 aromatic rings. The first-order chi connectivity index (χ1) is 17.0. The van der Waals surface area contributed by atoms with Crippen LogP contribution in [-0.4, -0.2) is 31.1 Å². The third-order valence-electron chi connectivity index (χ3n) is 5.64. The van der Waals surface area contributed by atoms with Crippen molar-refractivity contribution in [1.82, 2.24) is 4.31 Å². The van der Waals surface area contributed by atoms with Crippen LogP contribution >= 0.6 is 0 Å². The predicted molar refractivity (Wildman–Crippen MR) is 125 cm³/mol. The van der Waals surface area contributed by atoms with Crippen LogP contribution in [0.15, 0.2) is 89.8 Å². The lowest BCUT2D eigenvalue weighted by Gasteiger charge is -2.23. The summed E-state index contributed by atoms with van der Waals surface area (Å²) in [7, 11) is -3.99. The maximum absolute atomic E-state index is 13.2. The number of sulfonamides is 1. The van der Waals surface area contributed by atoms with E-state index >= 15 is 0 Å². The molecule has 1 atom stereocenters. The highest BCUT2D eigenvalue weighted by atomic mass is 32.2. The maximum Gasteiger partial charge on any atom is 0.416 e. The zero-order valence-electron chi connectivity index (χ0n) is 18.8. The highest BCUT2D eigenvalue weighted by molar-refractivity contribution is 7.89. The third-order valence-corrected chi connectivity index (χ3v) is 7.50. The normalized spacial score (nSPS) is 16.3. The minimum atomic E-state index is -4.44. The molecule has 1 aliphatic heterocycles. The van der Waals surface area contributed by atoms with Crippen LogP contribution in [0.1, 0.15) is 17.5 Å². The van der Waals surface area contributed by atoms with Gasteiger partial charge in [-0.15, -0.1) is 0 Å². The second-order valence-corrected chi connectivity index (χ2v) is 10.0. The van der Waals surface area contributed by atoms with E-state index in [0.29, 0.717) is 12.2 Å². The Morgan fingerprint density at radius 3 is 2.33 bits per heavy atom. The monoisotopic (exact) mass is 519 g/mol. The second kappa shape index (κ2) is 10.2. The lowest BCUT2D eigenvalue weighted by Crippen LogP contribution is -2.41.